The Hall–Kier alpha value is -4.19. The van der Waals surface area contributed by atoms with E-state index in [0.29, 0.717) is 12.8 Å². The zero-order valence-electron chi connectivity index (χ0n) is 44.5. The minimum atomic E-state index is -0.798. The van der Waals surface area contributed by atoms with Crippen molar-refractivity contribution in [3.8, 4) is 0 Å². The van der Waals surface area contributed by atoms with Crippen molar-refractivity contribution >= 4 is 17.9 Å². The van der Waals surface area contributed by atoms with Crippen LogP contribution in [-0.2, 0) is 28.6 Å². The van der Waals surface area contributed by atoms with Gasteiger partial charge < -0.3 is 14.2 Å². The molecule has 390 valence electrons. The van der Waals surface area contributed by atoms with E-state index < -0.39 is 6.10 Å². The number of hydrogen-bond donors (Lipinski definition) is 0. The van der Waals surface area contributed by atoms with Crippen LogP contribution in [-0.4, -0.2) is 37.2 Å². The van der Waals surface area contributed by atoms with Gasteiger partial charge in [-0.1, -0.05) is 232 Å². The molecule has 1 unspecified atom stereocenters. The fourth-order valence-corrected chi connectivity index (χ4v) is 7.32. The number of rotatable bonds is 49. The van der Waals surface area contributed by atoms with Crippen molar-refractivity contribution in [2.45, 2.75) is 245 Å². The summed E-state index contributed by atoms with van der Waals surface area (Å²) < 4.78 is 16.7. The average Bonchev–Trinajstić information content (AvgIpc) is 3.35. The Morgan fingerprint density at radius 3 is 0.899 bits per heavy atom. The fraction of sp³-hybridized carbons (Fsp3) is 0.635. The van der Waals surface area contributed by atoms with Crippen molar-refractivity contribution in [2.24, 2.45) is 0 Å². The quantitative estimate of drug-likeness (QED) is 0.0262. The lowest BCUT2D eigenvalue weighted by Gasteiger charge is -2.18. The number of allylic oxidation sites excluding steroid dienone is 20. The molecule has 0 radical (unpaired) electrons. The van der Waals surface area contributed by atoms with E-state index in [2.05, 4.69) is 142 Å². The third kappa shape index (κ3) is 54.6. The van der Waals surface area contributed by atoms with Crippen LogP contribution in [0, 0.1) is 0 Å². The first-order chi connectivity index (χ1) is 34.0. The monoisotopic (exact) mass is 955 g/mol. The van der Waals surface area contributed by atoms with E-state index in [0.717, 1.165) is 135 Å². The Labute approximate surface area is 424 Å². The molecular weight excluding hydrogens is 853 g/mol. The predicted octanol–water partition coefficient (Wildman–Crippen LogP) is 18.9. The van der Waals surface area contributed by atoms with Gasteiger partial charge in [-0.05, 0) is 109 Å². The van der Waals surface area contributed by atoms with Crippen LogP contribution in [0.15, 0.2) is 122 Å². The Morgan fingerprint density at radius 2 is 0.565 bits per heavy atom. The molecule has 6 heteroatoms. The maximum atomic E-state index is 12.8. The first kappa shape index (κ1) is 64.8. The molecule has 0 N–H and O–H groups in total. The van der Waals surface area contributed by atoms with Crippen LogP contribution in [0.25, 0.3) is 0 Å². The first-order valence-corrected chi connectivity index (χ1v) is 28.0. The standard InChI is InChI=1S/C63H102O6/c1-4-7-10-13-16-19-21-23-24-25-26-27-28-29-30-31-32-33-34-35-36-37-38-40-41-44-47-50-53-56-62(65)68-59-60(58-67-61(64)55-52-49-46-43-18-15-12-9-6-3)69-63(66)57-54-51-48-45-42-39-22-20-17-14-11-8-5-2/h7-8,10-11,16-17,19-20,23-24,26-27,29-30,32-33,35-36,39,42,60H,4-6,9,12-15,18,21-22,25,28,31,34,37-38,40-41,43-59H2,1-3H3/b10-7-,11-8-,19-16-,20-17-,24-23-,27-26-,30-29-,33-32-,36-35-,42-39-. The number of hydrogen-bond acceptors (Lipinski definition) is 6. The highest BCUT2D eigenvalue weighted by Crippen LogP contribution is 2.14. The number of unbranched alkanes of at least 4 members (excludes halogenated alkanes) is 18. The summed E-state index contributed by atoms with van der Waals surface area (Å²) in [5, 5.41) is 0. The average molecular weight is 956 g/mol. The van der Waals surface area contributed by atoms with E-state index in [-0.39, 0.29) is 37.5 Å². The Morgan fingerprint density at radius 1 is 0.304 bits per heavy atom. The maximum absolute atomic E-state index is 12.8. The lowest BCUT2D eigenvalue weighted by molar-refractivity contribution is -0.167. The molecule has 0 aromatic heterocycles. The molecule has 0 spiro atoms. The van der Waals surface area contributed by atoms with Crippen molar-refractivity contribution in [2.75, 3.05) is 13.2 Å². The van der Waals surface area contributed by atoms with Gasteiger partial charge in [0.1, 0.15) is 13.2 Å². The Balaban J connectivity index is 4.26. The molecule has 0 aromatic rings. The molecule has 0 aromatic carbocycles. The highest BCUT2D eigenvalue weighted by atomic mass is 16.6. The van der Waals surface area contributed by atoms with Crippen molar-refractivity contribution in [3.63, 3.8) is 0 Å². The highest BCUT2D eigenvalue weighted by Gasteiger charge is 2.19. The molecule has 0 amide bonds. The third-order valence-corrected chi connectivity index (χ3v) is 11.5. The third-order valence-electron chi connectivity index (χ3n) is 11.5. The molecule has 0 saturated carbocycles. The van der Waals surface area contributed by atoms with E-state index in [1.54, 1.807) is 0 Å². The van der Waals surface area contributed by atoms with E-state index >= 15 is 0 Å². The van der Waals surface area contributed by atoms with Crippen molar-refractivity contribution < 1.29 is 28.6 Å². The van der Waals surface area contributed by atoms with Crippen LogP contribution < -0.4 is 0 Å². The van der Waals surface area contributed by atoms with Gasteiger partial charge in [0.25, 0.3) is 0 Å². The lowest BCUT2D eigenvalue weighted by atomic mass is 10.1. The summed E-state index contributed by atoms with van der Waals surface area (Å²) in [5.74, 6) is -0.943. The number of carbonyl (C=O) groups is 3. The second-order valence-electron chi connectivity index (χ2n) is 18.1. The number of esters is 3. The second kappa shape index (κ2) is 56.4. The van der Waals surface area contributed by atoms with Crippen LogP contribution in [0.1, 0.15) is 239 Å². The number of carbonyl (C=O) groups excluding carboxylic acids is 3. The van der Waals surface area contributed by atoms with Crippen molar-refractivity contribution in [1.29, 1.82) is 0 Å². The molecule has 0 aliphatic heterocycles. The maximum Gasteiger partial charge on any atom is 0.306 e. The summed E-state index contributed by atoms with van der Waals surface area (Å²) in [4.78, 5) is 37.9. The SMILES string of the molecule is CC/C=C\C/C=C\C/C=C\C/C=C\C/C=C\C/C=C\C/C=C\CCCCCCCCCC(=O)OCC(COC(=O)CCCCCCCCCCC)OC(=O)CCCCC/C=C\C/C=C\C/C=C\CC. The van der Waals surface area contributed by atoms with Gasteiger partial charge in [0, 0.05) is 19.3 Å². The van der Waals surface area contributed by atoms with Gasteiger partial charge in [-0.3, -0.25) is 14.4 Å². The second-order valence-corrected chi connectivity index (χ2v) is 18.1. The molecule has 0 aliphatic rings. The van der Waals surface area contributed by atoms with Gasteiger partial charge in [-0.25, -0.2) is 0 Å². The van der Waals surface area contributed by atoms with Gasteiger partial charge in [0.2, 0.25) is 0 Å². The van der Waals surface area contributed by atoms with Crippen molar-refractivity contribution in [3.05, 3.63) is 122 Å². The van der Waals surface area contributed by atoms with Gasteiger partial charge in [0.15, 0.2) is 6.10 Å². The van der Waals surface area contributed by atoms with Crippen molar-refractivity contribution in [1.82, 2.24) is 0 Å². The molecule has 0 bridgehead atoms. The largest absolute Gasteiger partial charge is 0.462 e. The van der Waals surface area contributed by atoms with Gasteiger partial charge in [0.05, 0.1) is 0 Å². The molecule has 0 saturated heterocycles. The van der Waals surface area contributed by atoms with Crippen LogP contribution in [0.2, 0.25) is 0 Å². The van der Waals surface area contributed by atoms with Gasteiger partial charge in [-0.2, -0.15) is 0 Å². The van der Waals surface area contributed by atoms with E-state index in [1.165, 1.54) is 64.2 Å². The highest BCUT2D eigenvalue weighted by molar-refractivity contribution is 5.71. The molecule has 0 aliphatic carbocycles. The normalized spacial score (nSPS) is 13.0. The molecule has 0 heterocycles. The van der Waals surface area contributed by atoms with Gasteiger partial charge >= 0.3 is 17.9 Å². The lowest BCUT2D eigenvalue weighted by Crippen LogP contribution is -2.30. The summed E-state index contributed by atoms with van der Waals surface area (Å²) in [5.41, 5.74) is 0. The minimum absolute atomic E-state index is 0.0946. The van der Waals surface area contributed by atoms with Crippen LogP contribution >= 0.6 is 0 Å². The zero-order valence-corrected chi connectivity index (χ0v) is 44.5. The molecule has 69 heavy (non-hydrogen) atoms. The molecule has 6 nitrogen and oxygen atoms in total. The van der Waals surface area contributed by atoms with E-state index in [1.807, 2.05) is 0 Å². The topological polar surface area (TPSA) is 78.9 Å². The first-order valence-electron chi connectivity index (χ1n) is 28.0. The van der Waals surface area contributed by atoms with Gasteiger partial charge in [-0.15, -0.1) is 0 Å². The van der Waals surface area contributed by atoms with E-state index in [9.17, 15) is 14.4 Å². The van der Waals surface area contributed by atoms with Crippen LogP contribution in [0.5, 0.6) is 0 Å². The summed E-state index contributed by atoms with van der Waals surface area (Å²) in [6, 6.07) is 0. The number of ether oxygens (including phenoxy) is 3. The summed E-state index contributed by atoms with van der Waals surface area (Å²) in [6.07, 6.45) is 77.7. The molecule has 0 rings (SSSR count). The molecule has 1 atom stereocenters. The summed E-state index contributed by atoms with van der Waals surface area (Å²) in [7, 11) is 0. The van der Waals surface area contributed by atoms with E-state index in [4.69, 9.17) is 14.2 Å². The summed E-state index contributed by atoms with van der Waals surface area (Å²) in [6.45, 7) is 6.34. The minimum Gasteiger partial charge on any atom is -0.462 e. The molecule has 0 fully saturated rings. The smallest absolute Gasteiger partial charge is 0.306 e. The Kier molecular flexibility index (Phi) is 53.0. The molecular formula is C63H102O6. The fourth-order valence-electron chi connectivity index (χ4n) is 7.32. The summed E-state index contributed by atoms with van der Waals surface area (Å²) >= 11 is 0. The predicted molar refractivity (Wildman–Crippen MR) is 297 cm³/mol. The zero-order chi connectivity index (χ0) is 50.0. The Bertz CT molecular complexity index is 1470. The van der Waals surface area contributed by atoms with Crippen LogP contribution in [0.4, 0.5) is 0 Å². The van der Waals surface area contributed by atoms with Crippen LogP contribution in [0.3, 0.4) is 0 Å².